The molecule has 1 aliphatic rings. The number of hydrogen-bond donors (Lipinski definition) is 2. The molecule has 1 saturated heterocycles. The van der Waals surface area contributed by atoms with E-state index in [9.17, 15) is 12.8 Å². The monoisotopic (exact) mass is 280 g/mol. The fraction of sp³-hybridized carbons (Fsp3) is 0.400. The van der Waals surface area contributed by atoms with Gasteiger partial charge in [0.2, 0.25) is 10.0 Å². The average Bonchev–Trinajstić information content (AvgIpc) is 2.70. The second-order valence-corrected chi connectivity index (χ2v) is 5.48. The molecule has 1 aromatic rings. The number of benzene rings is 1. The zero-order valence-electron chi connectivity index (χ0n) is 9.02. The molecule has 0 aromatic heterocycles. The maximum atomic E-state index is 12.9. The van der Waals surface area contributed by atoms with E-state index < -0.39 is 15.8 Å². The van der Waals surface area contributed by atoms with Crippen LogP contribution in [0, 0.1) is 5.82 Å². The van der Waals surface area contributed by atoms with Crippen LogP contribution in [-0.2, 0) is 10.0 Å². The Hall–Kier alpha value is -0.690. The lowest BCUT2D eigenvalue weighted by Crippen LogP contribution is -2.36. The molecule has 17 heavy (non-hydrogen) atoms. The van der Waals surface area contributed by atoms with Gasteiger partial charge in [0.15, 0.2) is 0 Å². The Morgan fingerprint density at radius 2 is 2.18 bits per heavy atom. The number of halogens is 2. The third kappa shape index (κ3) is 3.64. The Morgan fingerprint density at radius 1 is 1.41 bits per heavy atom. The summed E-state index contributed by atoms with van der Waals surface area (Å²) in [5, 5.41) is 3.06. The molecule has 1 fully saturated rings. The van der Waals surface area contributed by atoms with Crippen molar-refractivity contribution in [2.45, 2.75) is 17.4 Å². The average molecular weight is 281 g/mol. The smallest absolute Gasteiger partial charge is 0.240 e. The van der Waals surface area contributed by atoms with Crippen LogP contribution in [0.5, 0.6) is 0 Å². The molecule has 4 nitrogen and oxygen atoms in total. The quantitative estimate of drug-likeness (QED) is 0.864. The predicted molar refractivity (Wildman–Crippen MR) is 65.2 cm³/mol. The van der Waals surface area contributed by atoms with E-state index in [4.69, 9.17) is 0 Å². The lowest BCUT2D eigenvalue weighted by Gasteiger charge is -2.11. The van der Waals surface area contributed by atoms with Crippen molar-refractivity contribution in [2.24, 2.45) is 0 Å². The van der Waals surface area contributed by atoms with Crippen LogP contribution in [0.4, 0.5) is 4.39 Å². The standard InChI is InChI=1S/C10H13FN2O2S.ClH/c11-8-2-1-3-10(6-8)16(14,15)13-9-4-5-12-7-9;/h1-3,6,9,12-13H,4-5,7H2;1H/t9-;/m0./s1. The van der Waals surface area contributed by atoms with Gasteiger partial charge in [0.05, 0.1) is 4.90 Å². The first-order chi connectivity index (χ1) is 7.58. The first-order valence-electron chi connectivity index (χ1n) is 5.06. The van der Waals surface area contributed by atoms with Crippen molar-refractivity contribution in [3.8, 4) is 0 Å². The van der Waals surface area contributed by atoms with E-state index in [1.54, 1.807) is 0 Å². The van der Waals surface area contributed by atoms with Crippen LogP contribution in [0.2, 0.25) is 0 Å². The molecule has 0 saturated carbocycles. The van der Waals surface area contributed by atoms with Gasteiger partial charge in [-0.15, -0.1) is 12.4 Å². The van der Waals surface area contributed by atoms with Crippen LogP contribution < -0.4 is 10.0 Å². The summed E-state index contributed by atoms with van der Waals surface area (Å²) in [7, 11) is -3.60. The minimum atomic E-state index is -3.60. The Bertz CT molecular complexity index is 475. The fourth-order valence-electron chi connectivity index (χ4n) is 1.68. The highest BCUT2D eigenvalue weighted by Crippen LogP contribution is 2.12. The lowest BCUT2D eigenvalue weighted by atomic mass is 10.3. The van der Waals surface area contributed by atoms with E-state index in [1.165, 1.54) is 18.2 Å². The summed E-state index contributed by atoms with van der Waals surface area (Å²) in [4.78, 5) is -0.0283. The first kappa shape index (κ1) is 14.4. The topological polar surface area (TPSA) is 58.2 Å². The lowest BCUT2D eigenvalue weighted by molar-refractivity contribution is 0.557. The molecular weight excluding hydrogens is 267 g/mol. The Balaban J connectivity index is 0.00000144. The van der Waals surface area contributed by atoms with Crippen LogP contribution >= 0.6 is 12.4 Å². The first-order valence-corrected chi connectivity index (χ1v) is 6.55. The van der Waals surface area contributed by atoms with Gasteiger partial charge in [0.25, 0.3) is 0 Å². The van der Waals surface area contributed by atoms with E-state index in [0.29, 0.717) is 6.54 Å². The molecule has 1 atom stereocenters. The summed E-state index contributed by atoms with van der Waals surface area (Å²) < 4.78 is 39.1. The predicted octanol–water partition coefficient (Wildman–Crippen LogP) is 0.888. The molecule has 0 spiro atoms. The molecule has 1 aromatic carbocycles. The number of hydrogen-bond acceptors (Lipinski definition) is 3. The highest BCUT2D eigenvalue weighted by atomic mass is 35.5. The fourth-order valence-corrected chi connectivity index (χ4v) is 2.98. The summed E-state index contributed by atoms with van der Waals surface area (Å²) in [5.41, 5.74) is 0. The van der Waals surface area contributed by atoms with Crippen LogP contribution in [0.15, 0.2) is 29.2 Å². The van der Waals surface area contributed by atoms with Crippen molar-refractivity contribution in [3.63, 3.8) is 0 Å². The van der Waals surface area contributed by atoms with Gasteiger partial charge in [-0.05, 0) is 31.2 Å². The van der Waals surface area contributed by atoms with E-state index in [0.717, 1.165) is 19.0 Å². The molecule has 96 valence electrons. The largest absolute Gasteiger partial charge is 0.315 e. The zero-order chi connectivity index (χ0) is 11.6. The summed E-state index contributed by atoms with van der Waals surface area (Å²) >= 11 is 0. The molecule has 0 unspecified atom stereocenters. The molecule has 0 aliphatic carbocycles. The SMILES string of the molecule is Cl.O=S(=O)(N[C@H]1CCNC1)c1cccc(F)c1. The van der Waals surface area contributed by atoms with Crippen LogP contribution in [0.25, 0.3) is 0 Å². The minimum Gasteiger partial charge on any atom is -0.315 e. The van der Waals surface area contributed by atoms with Gasteiger partial charge < -0.3 is 5.32 Å². The molecule has 0 radical (unpaired) electrons. The van der Waals surface area contributed by atoms with Gasteiger partial charge >= 0.3 is 0 Å². The van der Waals surface area contributed by atoms with Crippen molar-refractivity contribution in [1.29, 1.82) is 0 Å². The zero-order valence-corrected chi connectivity index (χ0v) is 10.7. The highest BCUT2D eigenvalue weighted by molar-refractivity contribution is 7.89. The molecule has 7 heteroatoms. The summed E-state index contributed by atoms with van der Waals surface area (Å²) in [6, 6.07) is 4.90. The van der Waals surface area contributed by atoms with Gasteiger partial charge in [-0.1, -0.05) is 6.07 Å². The number of sulfonamides is 1. The van der Waals surface area contributed by atoms with Gasteiger partial charge in [-0.25, -0.2) is 17.5 Å². The van der Waals surface area contributed by atoms with Crippen LogP contribution in [0.1, 0.15) is 6.42 Å². The third-order valence-electron chi connectivity index (χ3n) is 2.49. The molecule has 0 bridgehead atoms. The number of rotatable bonds is 3. The summed E-state index contributed by atoms with van der Waals surface area (Å²) in [5.74, 6) is -0.549. The second-order valence-electron chi connectivity index (χ2n) is 3.77. The van der Waals surface area contributed by atoms with Crippen molar-refractivity contribution >= 4 is 22.4 Å². The van der Waals surface area contributed by atoms with Crippen molar-refractivity contribution < 1.29 is 12.8 Å². The molecule has 2 rings (SSSR count). The number of nitrogens with one attached hydrogen (secondary N) is 2. The summed E-state index contributed by atoms with van der Waals surface area (Å²) in [6.07, 6.45) is 0.758. The Kier molecular flexibility index (Phi) is 4.88. The summed E-state index contributed by atoms with van der Waals surface area (Å²) in [6.45, 7) is 1.42. The van der Waals surface area contributed by atoms with E-state index in [-0.39, 0.29) is 23.3 Å². The van der Waals surface area contributed by atoms with Crippen LogP contribution in [-0.4, -0.2) is 27.5 Å². The molecule has 1 heterocycles. The van der Waals surface area contributed by atoms with Gasteiger partial charge in [0.1, 0.15) is 5.82 Å². The van der Waals surface area contributed by atoms with Gasteiger partial charge in [-0.2, -0.15) is 0 Å². The van der Waals surface area contributed by atoms with Crippen LogP contribution in [0.3, 0.4) is 0 Å². The van der Waals surface area contributed by atoms with E-state index in [2.05, 4.69) is 10.0 Å². The minimum absolute atomic E-state index is 0. The molecule has 1 aliphatic heterocycles. The van der Waals surface area contributed by atoms with Crippen molar-refractivity contribution in [1.82, 2.24) is 10.0 Å². The Labute approximate surface area is 106 Å². The second kappa shape index (κ2) is 5.77. The molecular formula is C10H14ClFN2O2S. The van der Waals surface area contributed by atoms with Gasteiger partial charge in [0, 0.05) is 12.6 Å². The molecule has 2 N–H and O–H groups in total. The third-order valence-corrected chi connectivity index (χ3v) is 4.01. The molecule has 0 amide bonds. The maximum absolute atomic E-state index is 12.9. The van der Waals surface area contributed by atoms with Crippen molar-refractivity contribution in [2.75, 3.05) is 13.1 Å². The van der Waals surface area contributed by atoms with E-state index >= 15 is 0 Å². The normalized spacial score (nSPS) is 19.9. The van der Waals surface area contributed by atoms with Gasteiger partial charge in [-0.3, -0.25) is 0 Å². The van der Waals surface area contributed by atoms with E-state index in [1.807, 2.05) is 0 Å². The maximum Gasteiger partial charge on any atom is 0.240 e. The highest BCUT2D eigenvalue weighted by Gasteiger charge is 2.22. The Morgan fingerprint density at radius 3 is 2.76 bits per heavy atom. The van der Waals surface area contributed by atoms with Crippen molar-refractivity contribution in [3.05, 3.63) is 30.1 Å².